The minimum atomic E-state index is -1.54. The van der Waals surface area contributed by atoms with E-state index in [1.807, 2.05) is 0 Å². The van der Waals surface area contributed by atoms with Crippen molar-refractivity contribution in [2.45, 2.75) is 31.3 Å². The zero-order valence-corrected chi connectivity index (χ0v) is 10.4. The average Bonchev–Trinajstić information content (AvgIpc) is 2.34. The molecule has 0 bridgehead atoms. The number of carbonyl (C=O) groups is 1. The second-order valence-electron chi connectivity index (χ2n) is 3.99. The van der Waals surface area contributed by atoms with Gasteiger partial charge < -0.3 is 31.1 Å². The first-order chi connectivity index (χ1) is 8.43. The predicted molar refractivity (Wildman–Crippen MR) is 65.8 cm³/mol. The van der Waals surface area contributed by atoms with E-state index in [1.165, 1.54) is 6.92 Å². The van der Waals surface area contributed by atoms with Gasteiger partial charge in [-0.2, -0.15) is 0 Å². The Morgan fingerprint density at radius 2 is 1.94 bits per heavy atom. The highest BCUT2D eigenvalue weighted by atomic mass is 16.4. The summed E-state index contributed by atoms with van der Waals surface area (Å²) in [6.07, 6.45) is -2.79. The number of nitrogens with one attached hydrogen (secondary N) is 2. The molecule has 0 aliphatic heterocycles. The molecule has 0 spiro atoms. The fourth-order valence-electron chi connectivity index (χ4n) is 1.43. The van der Waals surface area contributed by atoms with Crippen molar-refractivity contribution in [3.05, 3.63) is 12.7 Å². The Labute approximate surface area is 106 Å². The Bertz CT molecular complexity index is 262. The van der Waals surface area contributed by atoms with Gasteiger partial charge in [0.2, 0.25) is 5.91 Å². The van der Waals surface area contributed by atoms with Crippen molar-refractivity contribution in [1.29, 1.82) is 0 Å². The summed E-state index contributed by atoms with van der Waals surface area (Å²) in [4.78, 5) is 11.0. The first-order valence-electron chi connectivity index (χ1n) is 5.67. The van der Waals surface area contributed by atoms with Crippen molar-refractivity contribution < 1.29 is 25.2 Å². The molecule has 7 nitrogen and oxygen atoms in total. The maximum atomic E-state index is 11.0. The molecule has 106 valence electrons. The van der Waals surface area contributed by atoms with E-state index in [9.17, 15) is 20.1 Å². The van der Waals surface area contributed by atoms with Crippen LogP contribution >= 0.6 is 0 Å². The van der Waals surface area contributed by atoms with Gasteiger partial charge in [0.1, 0.15) is 18.3 Å². The minimum absolute atomic E-state index is 0.196. The standard InChI is InChI=1S/C11H22N2O5/c1-3-4-12-5-8(13-7(2)15)10(17)11(18)9(16)6-14/h3,8-12,14,16-18H,1,4-6H2,2H3,(H,13,15). The smallest absolute Gasteiger partial charge is 0.217 e. The van der Waals surface area contributed by atoms with Crippen molar-refractivity contribution in [1.82, 2.24) is 10.6 Å². The zero-order chi connectivity index (χ0) is 14.1. The summed E-state index contributed by atoms with van der Waals surface area (Å²) in [6.45, 7) is 4.78. The van der Waals surface area contributed by atoms with Gasteiger partial charge in [0.25, 0.3) is 0 Å². The number of aliphatic hydroxyl groups excluding tert-OH is 4. The van der Waals surface area contributed by atoms with Gasteiger partial charge in [0, 0.05) is 20.0 Å². The van der Waals surface area contributed by atoms with Crippen LogP contribution in [-0.4, -0.2) is 70.4 Å². The van der Waals surface area contributed by atoms with E-state index in [0.29, 0.717) is 6.54 Å². The van der Waals surface area contributed by atoms with Crippen LogP contribution in [0.4, 0.5) is 0 Å². The molecule has 0 radical (unpaired) electrons. The van der Waals surface area contributed by atoms with Gasteiger partial charge in [-0.3, -0.25) is 4.79 Å². The summed E-state index contributed by atoms with van der Waals surface area (Å²) < 4.78 is 0. The third kappa shape index (κ3) is 6.08. The molecule has 0 saturated heterocycles. The van der Waals surface area contributed by atoms with Gasteiger partial charge >= 0.3 is 0 Å². The Balaban J connectivity index is 4.50. The molecule has 6 N–H and O–H groups in total. The lowest BCUT2D eigenvalue weighted by Crippen LogP contribution is -2.56. The third-order valence-electron chi connectivity index (χ3n) is 2.39. The van der Waals surface area contributed by atoms with Crippen molar-refractivity contribution in [2.24, 2.45) is 0 Å². The summed E-state index contributed by atoms with van der Waals surface area (Å²) in [5, 5.41) is 42.7. The maximum Gasteiger partial charge on any atom is 0.217 e. The van der Waals surface area contributed by atoms with Crippen LogP contribution < -0.4 is 10.6 Å². The Morgan fingerprint density at radius 1 is 1.33 bits per heavy atom. The van der Waals surface area contributed by atoms with Crippen LogP contribution in [0.5, 0.6) is 0 Å². The normalized spacial score (nSPS) is 17.6. The van der Waals surface area contributed by atoms with Gasteiger partial charge in [-0.25, -0.2) is 0 Å². The number of carbonyl (C=O) groups excluding carboxylic acids is 1. The Hall–Kier alpha value is -0.990. The summed E-state index contributed by atoms with van der Waals surface area (Å²) in [5.41, 5.74) is 0. The van der Waals surface area contributed by atoms with Crippen molar-refractivity contribution >= 4 is 5.91 Å². The second-order valence-corrected chi connectivity index (χ2v) is 3.99. The molecule has 0 aliphatic carbocycles. The fraction of sp³-hybridized carbons (Fsp3) is 0.727. The van der Waals surface area contributed by atoms with E-state index in [-0.39, 0.29) is 12.5 Å². The fourth-order valence-corrected chi connectivity index (χ4v) is 1.43. The molecule has 7 heteroatoms. The highest BCUT2D eigenvalue weighted by Gasteiger charge is 2.31. The molecule has 0 saturated carbocycles. The van der Waals surface area contributed by atoms with E-state index in [0.717, 1.165) is 0 Å². The quantitative estimate of drug-likeness (QED) is 0.199. The van der Waals surface area contributed by atoms with Gasteiger partial charge in [-0.05, 0) is 0 Å². The maximum absolute atomic E-state index is 11.0. The first-order valence-corrected chi connectivity index (χ1v) is 5.67. The molecular weight excluding hydrogens is 240 g/mol. The second kappa shape index (κ2) is 9.01. The van der Waals surface area contributed by atoms with Gasteiger partial charge in [0.15, 0.2) is 0 Å². The van der Waals surface area contributed by atoms with Crippen molar-refractivity contribution in [2.75, 3.05) is 19.7 Å². The van der Waals surface area contributed by atoms with Crippen molar-refractivity contribution in [3.63, 3.8) is 0 Å². The average molecular weight is 262 g/mol. The number of amides is 1. The molecule has 0 aromatic carbocycles. The lowest BCUT2D eigenvalue weighted by molar-refractivity contribution is -0.123. The molecule has 0 fully saturated rings. The minimum Gasteiger partial charge on any atom is -0.394 e. The number of hydrogen-bond donors (Lipinski definition) is 6. The number of hydrogen-bond acceptors (Lipinski definition) is 6. The number of rotatable bonds is 9. The van der Waals surface area contributed by atoms with Crippen LogP contribution in [0.1, 0.15) is 6.92 Å². The van der Waals surface area contributed by atoms with Crippen LogP contribution in [-0.2, 0) is 4.79 Å². The lowest BCUT2D eigenvalue weighted by atomic mass is 10.0. The lowest BCUT2D eigenvalue weighted by Gasteiger charge is -2.29. The SMILES string of the molecule is C=CCNCC(NC(C)=O)C(O)C(O)C(O)CO. The largest absolute Gasteiger partial charge is 0.394 e. The van der Waals surface area contributed by atoms with Crippen LogP contribution in [0.3, 0.4) is 0 Å². The van der Waals surface area contributed by atoms with Gasteiger partial charge in [-0.15, -0.1) is 6.58 Å². The zero-order valence-electron chi connectivity index (χ0n) is 10.4. The first kappa shape index (κ1) is 17.0. The summed E-state index contributed by atoms with van der Waals surface area (Å²) in [7, 11) is 0. The Morgan fingerprint density at radius 3 is 2.39 bits per heavy atom. The Kier molecular flexibility index (Phi) is 8.51. The van der Waals surface area contributed by atoms with E-state index in [4.69, 9.17) is 5.11 Å². The summed E-state index contributed by atoms with van der Waals surface area (Å²) in [5.74, 6) is -0.370. The number of aliphatic hydroxyl groups is 4. The van der Waals surface area contributed by atoms with Gasteiger partial charge in [0.05, 0.1) is 12.6 Å². The molecule has 0 aliphatic rings. The molecule has 18 heavy (non-hydrogen) atoms. The molecule has 0 heterocycles. The molecule has 0 aromatic heterocycles. The van der Waals surface area contributed by atoms with Gasteiger partial charge in [-0.1, -0.05) is 6.08 Å². The molecule has 4 atom stereocenters. The van der Waals surface area contributed by atoms with Crippen LogP contribution in [0.2, 0.25) is 0 Å². The molecular formula is C11H22N2O5. The van der Waals surface area contributed by atoms with E-state index >= 15 is 0 Å². The summed E-state index contributed by atoms with van der Waals surface area (Å²) >= 11 is 0. The van der Waals surface area contributed by atoms with E-state index in [2.05, 4.69) is 17.2 Å². The highest BCUT2D eigenvalue weighted by Crippen LogP contribution is 2.05. The van der Waals surface area contributed by atoms with Crippen LogP contribution in [0.25, 0.3) is 0 Å². The summed E-state index contributed by atoms with van der Waals surface area (Å²) in [6, 6.07) is -0.779. The predicted octanol–water partition coefficient (Wildman–Crippen LogP) is -2.66. The van der Waals surface area contributed by atoms with Crippen molar-refractivity contribution in [3.8, 4) is 0 Å². The monoisotopic (exact) mass is 262 g/mol. The highest BCUT2D eigenvalue weighted by molar-refractivity contribution is 5.73. The van der Waals surface area contributed by atoms with E-state index < -0.39 is 31.0 Å². The van der Waals surface area contributed by atoms with Crippen LogP contribution in [0.15, 0.2) is 12.7 Å². The molecule has 0 aromatic rings. The molecule has 1 amide bonds. The third-order valence-corrected chi connectivity index (χ3v) is 2.39. The molecule has 4 unspecified atom stereocenters. The van der Waals surface area contributed by atoms with E-state index in [1.54, 1.807) is 6.08 Å². The topological polar surface area (TPSA) is 122 Å². The van der Waals surface area contributed by atoms with Crippen LogP contribution in [0, 0.1) is 0 Å². The molecule has 0 rings (SSSR count).